The molecule has 2 atom stereocenters. The summed E-state index contributed by atoms with van der Waals surface area (Å²) in [6.07, 6.45) is 3.48. The molecule has 1 aromatic heterocycles. The first-order valence-electron chi connectivity index (χ1n) is 5.14. The first-order chi connectivity index (χ1) is 7.29. The van der Waals surface area contributed by atoms with Crippen LogP contribution in [0.15, 0.2) is 54.9 Å². The topological polar surface area (TPSA) is 25.2 Å². The lowest BCUT2D eigenvalue weighted by Gasteiger charge is -2.20. The number of benzene rings is 1. The number of aromatic nitrogens is 1. The van der Waals surface area contributed by atoms with Gasteiger partial charge in [0.1, 0.15) is 0 Å². The van der Waals surface area contributed by atoms with Gasteiger partial charge in [-0.25, -0.2) is 0 Å². The van der Waals surface area contributed by atoms with Gasteiger partial charge in [-0.2, -0.15) is 0 Å². The van der Waals surface area contributed by atoms with E-state index in [-0.39, 0.29) is 6.04 Å². The first kappa shape index (κ1) is 9.99. The summed E-state index contributed by atoms with van der Waals surface area (Å²) >= 11 is 0. The second kappa shape index (κ2) is 4.32. The van der Waals surface area contributed by atoms with E-state index in [9.17, 15) is 5.11 Å². The van der Waals surface area contributed by atoms with Crippen molar-refractivity contribution in [2.45, 2.75) is 19.1 Å². The molecule has 0 aliphatic rings. The van der Waals surface area contributed by atoms with Crippen LogP contribution in [0.2, 0.25) is 0 Å². The lowest BCUT2D eigenvalue weighted by Crippen LogP contribution is -2.13. The molecule has 2 nitrogen and oxygen atoms in total. The van der Waals surface area contributed by atoms with Gasteiger partial charge in [0.25, 0.3) is 0 Å². The molecule has 0 fully saturated rings. The number of aliphatic hydroxyl groups excluding tert-OH is 1. The van der Waals surface area contributed by atoms with Crippen molar-refractivity contribution in [2.75, 3.05) is 0 Å². The average molecular weight is 201 g/mol. The standard InChI is InChI=1S/C13H15NO/c1-11(14-9-5-6-10-14)13(15)12-7-3-2-4-8-12/h2-11,13,15H,1H3. The molecule has 0 saturated heterocycles. The van der Waals surface area contributed by atoms with Crippen molar-refractivity contribution < 1.29 is 5.11 Å². The monoisotopic (exact) mass is 201 g/mol. The van der Waals surface area contributed by atoms with Gasteiger partial charge in [-0.3, -0.25) is 0 Å². The molecular weight excluding hydrogens is 186 g/mol. The van der Waals surface area contributed by atoms with Crippen LogP contribution in [0.4, 0.5) is 0 Å². The first-order valence-corrected chi connectivity index (χ1v) is 5.14. The maximum absolute atomic E-state index is 10.1. The summed E-state index contributed by atoms with van der Waals surface area (Å²) in [6.45, 7) is 2.01. The Morgan fingerprint density at radius 2 is 1.60 bits per heavy atom. The third-order valence-corrected chi connectivity index (χ3v) is 2.70. The van der Waals surface area contributed by atoms with E-state index in [1.165, 1.54) is 0 Å². The van der Waals surface area contributed by atoms with Crippen molar-refractivity contribution >= 4 is 0 Å². The molecule has 0 saturated carbocycles. The van der Waals surface area contributed by atoms with Gasteiger partial charge in [0.15, 0.2) is 0 Å². The fourth-order valence-electron chi connectivity index (χ4n) is 1.71. The van der Waals surface area contributed by atoms with Crippen LogP contribution in [0.3, 0.4) is 0 Å². The van der Waals surface area contributed by atoms with Crippen LogP contribution in [0.25, 0.3) is 0 Å². The van der Waals surface area contributed by atoms with E-state index < -0.39 is 6.10 Å². The van der Waals surface area contributed by atoms with Gasteiger partial charge in [-0.05, 0) is 24.6 Å². The zero-order chi connectivity index (χ0) is 10.7. The van der Waals surface area contributed by atoms with E-state index in [1.54, 1.807) is 0 Å². The Morgan fingerprint density at radius 1 is 1.00 bits per heavy atom. The van der Waals surface area contributed by atoms with Crippen LogP contribution in [-0.2, 0) is 0 Å². The highest BCUT2D eigenvalue weighted by atomic mass is 16.3. The molecule has 0 spiro atoms. The molecule has 0 aliphatic carbocycles. The van der Waals surface area contributed by atoms with Crippen LogP contribution in [0, 0.1) is 0 Å². The average Bonchev–Trinajstić information content (AvgIpc) is 2.82. The van der Waals surface area contributed by atoms with E-state index in [2.05, 4.69) is 0 Å². The van der Waals surface area contributed by atoms with Crippen molar-refractivity contribution in [3.8, 4) is 0 Å². The molecule has 0 aliphatic heterocycles. The normalized spacial score (nSPS) is 14.8. The van der Waals surface area contributed by atoms with E-state index in [1.807, 2.05) is 66.3 Å². The van der Waals surface area contributed by atoms with Crippen molar-refractivity contribution in [1.82, 2.24) is 4.57 Å². The van der Waals surface area contributed by atoms with E-state index >= 15 is 0 Å². The summed E-state index contributed by atoms with van der Waals surface area (Å²) in [4.78, 5) is 0. The molecular formula is C13H15NO. The highest BCUT2D eigenvalue weighted by molar-refractivity contribution is 5.18. The lowest BCUT2D eigenvalue weighted by atomic mass is 10.0. The van der Waals surface area contributed by atoms with Gasteiger partial charge >= 0.3 is 0 Å². The molecule has 2 unspecified atom stereocenters. The van der Waals surface area contributed by atoms with E-state index in [0.29, 0.717) is 0 Å². The zero-order valence-electron chi connectivity index (χ0n) is 8.75. The molecule has 0 radical (unpaired) electrons. The minimum atomic E-state index is -0.460. The van der Waals surface area contributed by atoms with Crippen LogP contribution >= 0.6 is 0 Å². The predicted molar refractivity (Wildman–Crippen MR) is 60.5 cm³/mol. The van der Waals surface area contributed by atoms with Crippen molar-refractivity contribution in [2.24, 2.45) is 0 Å². The van der Waals surface area contributed by atoms with Gasteiger partial charge in [0.2, 0.25) is 0 Å². The summed E-state index contributed by atoms with van der Waals surface area (Å²) in [6, 6.07) is 13.7. The molecule has 2 heteroatoms. The SMILES string of the molecule is CC(C(O)c1ccccc1)n1cccc1. The second-order valence-electron chi connectivity index (χ2n) is 3.73. The Bertz CT molecular complexity index is 394. The summed E-state index contributed by atoms with van der Waals surface area (Å²) in [5.41, 5.74) is 0.957. The minimum Gasteiger partial charge on any atom is -0.386 e. The Hall–Kier alpha value is -1.54. The molecule has 0 bridgehead atoms. The number of aliphatic hydroxyl groups is 1. The lowest BCUT2D eigenvalue weighted by molar-refractivity contribution is 0.122. The molecule has 1 heterocycles. The van der Waals surface area contributed by atoms with E-state index in [4.69, 9.17) is 0 Å². The van der Waals surface area contributed by atoms with Crippen molar-refractivity contribution in [1.29, 1.82) is 0 Å². The van der Waals surface area contributed by atoms with Crippen LogP contribution in [0.1, 0.15) is 24.6 Å². The number of nitrogens with zero attached hydrogens (tertiary/aromatic N) is 1. The molecule has 0 amide bonds. The third-order valence-electron chi connectivity index (χ3n) is 2.70. The van der Waals surface area contributed by atoms with E-state index in [0.717, 1.165) is 5.56 Å². The van der Waals surface area contributed by atoms with Crippen molar-refractivity contribution in [3.63, 3.8) is 0 Å². The molecule has 15 heavy (non-hydrogen) atoms. The highest BCUT2D eigenvalue weighted by Crippen LogP contribution is 2.25. The molecule has 1 N–H and O–H groups in total. The smallest absolute Gasteiger partial charge is 0.0994 e. The van der Waals surface area contributed by atoms with Gasteiger partial charge in [0.05, 0.1) is 12.1 Å². The zero-order valence-corrected chi connectivity index (χ0v) is 8.75. The quantitative estimate of drug-likeness (QED) is 0.811. The van der Waals surface area contributed by atoms with Crippen LogP contribution in [0.5, 0.6) is 0 Å². The van der Waals surface area contributed by atoms with Gasteiger partial charge in [-0.15, -0.1) is 0 Å². The van der Waals surface area contributed by atoms with Crippen molar-refractivity contribution in [3.05, 3.63) is 60.4 Å². The summed E-state index contributed by atoms with van der Waals surface area (Å²) in [5, 5.41) is 10.1. The fraction of sp³-hybridized carbons (Fsp3) is 0.231. The Balaban J connectivity index is 2.18. The predicted octanol–water partition coefficient (Wildman–Crippen LogP) is 2.78. The van der Waals surface area contributed by atoms with Crippen LogP contribution < -0.4 is 0 Å². The summed E-state index contributed by atoms with van der Waals surface area (Å²) < 4.78 is 2.01. The Morgan fingerprint density at radius 3 is 2.20 bits per heavy atom. The number of hydrogen-bond acceptors (Lipinski definition) is 1. The number of rotatable bonds is 3. The largest absolute Gasteiger partial charge is 0.386 e. The highest BCUT2D eigenvalue weighted by Gasteiger charge is 2.16. The molecule has 2 rings (SSSR count). The van der Waals surface area contributed by atoms with Gasteiger partial charge in [-0.1, -0.05) is 30.3 Å². The van der Waals surface area contributed by atoms with Gasteiger partial charge in [0, 0.05) is 12.4 Å². The summed E-state index contributed by atoms with van der Waals surface area (Å²) in [7, 11) is 0. The van der Waals surface area contributed by atoms with Crippen LogP contribution in [-0.4, -0.2) is 9.67 Å². The number of hydrogen-bond donors (Lipinski definition) is 1. The molecule has 2 aromatic rings. The molecule has 78 valence electrons. The Kier molecular flexibility index (Phi) is 2.88. The Labute approximate surface area is 89.8 Å². The molecule has 1 aromatic carbocycles. The second-order valence-corrected chi connectivity index (χ2v) is 3.73. The maximum atomic E-state index is 10.1. The fourth-order valence-corrected chi connectivity index (χ4v) is 1.71. The maximum Gasteiger partial charge on any atom is 0.0994 e. The summed E-state index contributed by atoms with van der Waals surface area (Å²) in [5.74, 6) is 0. The van der Waals surface area contributed by atoms with Gasteiger partial charge < -0.3 is 9.67 Å². The third kappa shape index (κ3) is 2.10. The minimum absolute atomic E-state index is 0.0578.